The molecule has 4 rings (SSSR count). The summed E-state index contributed by atoms with van der Waals surface area (Å²) in [7, 11) is 0. The van der Waals surface area contributed by atoms with Crippen molar-refractivity contribution in [2.75, 3.05) is 24.6 Å². The van der Waals surface area contributed by atoms with E-state index in [0.717, 1.165) is 35.6 Å². The molecule has 2 aliphatic rings. The minimum absolute atomic E-state index is 0.0267. The van der Waals surface area contributed by atoms with Gasteiger partial charge in [-0.2, -0.15) is 0 Å². The van der Waals surface area contributed by atoms with Crippen LogP contribution in [0.2, 0.25) is 5.02 Å². The lowest BCUT2D eigenvalue weighted by Gasteiger charge is -2.30. The van der Waals surface area contributed by atoms with Gasteiger partial charge < -0.3 is 10.1 Å². The Bertz CT molecular complexity index is 939. The van der Waals surface area contributed by atoms with E-state index in [9.17, 15) is 9.59 Å². The molecule has 2 aromatic carbocycles. The Morgan fingerprint density at radius 2 is 2.03 bits per heavy atom. The number of carbonyl (C=O) groups is 2. The van der Waals surface area contributed by atoms with E-state index in [2.05, 4.69) is 5.32 Å². The van der Waals surface area contributed by atoms with Gasteiger partial charge in [0.15, 0.2) is 0 Å². The maximum absolute atomic E-state index is 13.2. The first-order valence-corrected chi connectivity index (χ1v) is 10.7. The number of hydrogen-bond acceptors (Lipinski definition) is 4. The van der Waals surface area contributed by atoms with E-state index in [0.29, 0.717) is 16.5 Å². The van der Waals surface area contributed by atoms with Gasteiger partial charge in [-0.15, -0.1) is 0 Å². The number of nitrogens with zero attached hydrogens (tertiary/aromatic N) is 1. The van der Waals surface area contributed by atoms with Crippen LogP contribution in [-0.4, -0.2) is 37.6 Å². The second-order valence-corrected chi connectivity index (χ2v) is 8.48. The topological polar surface area (TPSA) is 58.6 Å². The summed E-state index contributed by atoms with van der Waals surface area (Å²) < 4.78 is 5.55. The van der Waals surface area contributed by atoms with Crippen LogP contribution in [0.3, 0.4) is 0 Å². The minimum atomic E-state index is -0.193. The minimum Gasteiger partial charge on any atom is -0.376 e. The van der Waals surface area contributed by atoms with E-state index in [1.165, 1.54) is 11.8 Å². The Hall–Kier alpha value is -2.28. The molecule has 1 unspecified atom stereocenters. The van der Waals surface area contributed by atoms with Crippen LogP contribution in [0.5, 0.6) is 0 Å². The van der Waals surface area contributed by atoms with Gasteiger partial charge in [0, 0.05) is 23.1 Å². The van der Waals surface area contributed by atoms with Crippen molar-refractivity contribution in [1.82, 2.24) is 5.32 Å². The van der Waals surface area contributed by atoms with E-state index in [1.54, 1.807) is 17.0 Å². The predicted molar refractivity (Wildman–Crippen MR) is 116 cm³/mol. The van der Waals surface area contributed by atoms with Gasteiger partial charge in [0.25, 0.3) is 5.91 Å². The number of para-hydroxylation sites is 1. The molecule has 2 aromatic rings. The molecule has 0 spiro atoms. The molecule has 2 aliphatic heterocycles. The number of hydrogen-bond donors (Lipinski definition) is 1. The standard InChI is InChI=1S/C22H21ClN2O3S/c23-16-9-7-15(8-10-16)12-20-22(27)25(18-5-1-2-6-19(18)29-20)14-21(26)24-13-17-4-3-11-28-17/h1-2,5-10,12,17H,3-4,11,13-14H2,(H,24,26)/b20-12+. The molecule has 29 heavy (non-hydrogen) atoms. The number of amides is 2. The van der Waals surface area contributed by atoms with Crippen molar-refractivity contribution in [3.63, 3.8) is 0 Å². The quantitative estimate of drug-likeness (QED) is 0.728. The maximum atomic E-state index is 13.2. The summed E-state index contributed by atoms with van der Waals surface area (Å²) >= 11 is 7.37. The van der Waals surface area contributed by atoms with Gasteiger partial charge >= 0.3 is 0 Å². The van der Waals surface area contributed by atoms with Gasteiger partial charge in [0.05, 0.1) is 16.7 Å². The van der Waals surface area contributed by atoms with E-state index in [-0.39, 0.29) is 24.5 Å². The number of rotatable bonds is 5. The molecule has 0 aromatic heterocycles. The molecule has 0 aliphatic carbocycles. The fourth-order valence-electron chi connectivity index (χ4n) is 3.36. The highest BCUT2D eigenvalue weighted by Crippen LogP contribution is 2.41. The molecule has 1 N–H and O–H groups in total. The lowest BCUT2D eigenvalue weighted by atomic mass is 10.2. The van der Waals surface area contributed by atoms with Gasteiger partial charge in [-0.25, -0.2) is 0 Å². The first kappa shape index (κ1) is 20.0. The normalized spacial score (nSPS) is 20.0. The summed E-state index contributed by atoms with van der Waals surface area (Å²) in [6.45, 7) is 1.19. The zero-order chi connectivity index (χ0) is 20.2. The molecular formula is C22H21ClN2O3S. The highest BCUT2D eigenvalue weighted by molar-refractivity contribution is 8.04. The van der Waals surface area contributed by atoms with Crippen LogP contribution >= 0.6 is 23.4 Å². The number of nitrogens with one attached hydrogen (secondary N) is 1. The summed E-state index contributed by atoms with van der Waals surface area (Å²) in [6, 6.07) is 14.9. The van der Waals surface area contributed by atoms with Crippen molar-refractivity contribution in [3.05, 3.63) is 64.0 Å². The lowest BCUT2D eigenvalue weighted by Crippen LogP contribution is -2.44. The van der Waals surface area contributed by atoms with Crippen LogP contribution < -0.4 is 10.2 Å². The largest absolute Gasteiger partial charge is 0.376 e. The van der Waals surface area contributed by atoms with Crippen molar-refractivity contribution < 1.29 is 14.3 Å². The highest BCUT2D eigenvalue weighted by atomic mass is 35.5. The van der Waals surface area contributed by atoms with E-state index in [1.807, 2.05) is 42.5 Å². The number of halogens is 1. The molecule has 1 atom stereocenters. The van der Waals surface area contributed by atoms with Crippen LogP contribution in [0, 0.1) is 0 Å². The monoisotopic (exact) mass is 428 g/mol. The third-order valence-corrected chi connectivity index (χ3v) is 6.18. The third kappa shape index (κ3) is 4.83. The summed E-state index contributed by atoms with van der Waals surface area (Å²) in [5.41, 5.74) is 1.63. The van der Waals surface area contributed by atoms with Crippen molar-refractivity contribution >= 4 is 46.9 Å². The fourth-order valence-corrected chi connectivity index (χ4v) is 4.55. The predicted octanol–water partition coefficient (Wildman–Crippen LogP) is 4.12. The molecule has 0 radical (unpaired) electrons. The summed E-state index contributed by atoms with van der Waals surface area (Å²) in [4.78, 5) is 28.7. The summed E-state index contributed by atoms with van der Waals surface area (Å²) in [5.74, 6) is -0.377. The molecule has 0 bridgehead atoms. The molecule has 1 fully saturated rings. The Labute approximate surface area is 179 Å². The number of benzene rings is 2. The van der Waals surface area contributed by atoms with Gasteiger partial charge in [0.2, 0.25) is 5.91 Å². The van der Waals surface area contributed by atoms with Crippen molar-refractivity contribution in [2.24, 2.45) is 0 Å². The van der Waals surface area contributed by atoms with Gasteiger partial charge in [-0.3, -0.25) is 14.5 Å². The molecule has 2 heterocycles. The molecular weight excluding hydrogens is 408 g/mol. The smallest absolute Gasteiger partial charge is 0.265 e. The van der Waals surface area contributed by atoms with Gasteiger partial charge in [-0.1, -0.05) is 47.6 Å². The molecule has 0 saturated carbocycles. The second kappa shape index (κ2) is 9.03. The Morgan fingerprint density at radius 1 is 1.24 bits per heavy atom. The van der Waals surface area contributed by atoms with Crippen LogP contribution in [0.15, 0.2) is 58.3 Å². The zero-order valence-corrected chi connectivity index (χ0v) is 17.3. The number of ether oxygens (including phenoxy) is 1. The molecule has 7 heteroatoms. The number of anilines is 1. The third-order valence-electron chi connectivity index (χ3n) is 4.85. The van der Waals surface area contributed by atoms with Crippen molar-refractivity contribution in [3.8, 4) is 0 Å². The van der Waals surface area contributed by atoms with E-state index >= 15 is 0 Å². The second-order valence-electron chi connectivity index (χ2n) is 6.96. The first-order valence-electron chi connectivity index (χ1n) is 9.54. The molecule has 2 amide bonds. The zero-order valence-electron chi connectivity index (χ0n) is 15.8. The SMILES string of the molecule is O=C(CN1C(=O)/C(=C\c2ccc(Cl)cc2)Sc2ccccc21)NCC1CCCO1. The van der Waals surface area contributed by atoms with Crippen LogP contribution in [0.4, 0.5) is 5.69 Å². The first-order chi connectivity index (χ1) is 14.1. The maximum Gasteiger partial charge on any atom is 0.265 e. The fraction of sp³-hybridized carbons (Fsp3) is 0.273. The number of carbonyl (C=O) groups excluding carboxylic acids is 2. The van der Waals surface area contributed by atoms with E-state index < -0.39 is 0 Å². The van der Waals surface area contributed by atoms with Crippen LogP contribution in [0.25, 0.3) is 6.08 Å². The van der Waals surface area contributed by atoms with Gasteiger partial charge in [-0.05, 0) is 48.7 Å². The Morgan fingerprint density at radius 3 is 2.79 bits per heavy atom. The number of thioether (sulfide) groups is 1. The average Bonchev–Trinajstić information content (AvgIpc) is 3.25. The average molecular weight is 429 g/mol. The molecule has 1 saturated heterocycles. The summed E-state index contributed by atoms with van der Waals surface area (Å²) in [5, 5.41) is 3.54. The van der Waals surface area contributed by atoms with Crippen molar-refractivity contribution in [2.45, 2.75) is 23.8 Å². The molecule has 5 nitrogen and oxygen atoms in total. The number of fused-ring (bicyclic) bond motifs is 1. The van der Waals surface area contributed by atoms with E-state index in [4.69, 9.17) is 16.3 Å². The van der Waals surface area contributed by atoms with Gasteiger partial charge in [0.1, 0.15) is 6.54 Å². The molecule has 150 valence electrons. The van der Waals surface area contributed by atoms with Crippen LogP contribution in [-0.2, 0) is 14.3 Å². The lowest BCUT2D eigenvalue weighted by molar-refractivity contribution is -0.122. The summed E-state index contributed by atoms with van der Waals surface area (Å²) in [6.07, 6.45) is 3.88. The Balaban J connectivity index is 1.53. The Kier molecular flexibility index (Phi) is 6.23. The highest BCUT2D eigenvalue weighted by Gasteiger charge is 2.30. The van der Waals surface area contributed by atoms with Crippen LogP contribution in [0.1, 0.15) is 18.4 Å². The van der Waals surface area contributed by atoms with Crippen molar-refractivity contribution in [1.29, 1.82) is 0 Å².